The minimum Gasteiger partial charge on any atom is -0.520 e. The Morgan fingerprint density at radius 3 is 1.83 bits per heavy atom. The van der Waals surface area contributed by atoms with Gasteiger partial charge in [-0.15, -0.1) is 0 Å². The zero-order valence-electron chi connectivity index (χ0n) is 16.2. The zero-order chi connectivity index (χ0) is 17.7. The first-order valence-corrected chi connectivity index (χ1v) is 14.2. The highest BCUT2D eigenvalue weighted by atomic mass is 28.4. The van der Waals surface area contributed by atoms with Crippen LogP contribution in [0.5, 0.6) is 0 Å². The van der Waals surface area contributed by atoms with E-state index in [0.717, 1.165) is 12.8 Å². The van der Waals surface area contributed by atoms with Gasteiger partial charge < -0.3 is 13.3 Å². The highest BCUT2D eigenvalue weighted by molar-refractivity contribution is 6.71. The standard InChI is InChI=1S/C17H38O4Si2/c1-7-8-9-10-11-12-13-14-15-16(22(19-2)20-3)17(18)21-23(4,5)6/h16,22H,7-15H2,1-6H3. The Morgan fingerprint density at radius 1 is 0.913 bits per heavy atom. The molecule has 0 aliphatic rings. The van der Waals surface area contributed by atoms with Crippen LogP contribution in [0.4, 0.5) is 0 Å². The Kier molecular flexibility index (Phi) is 13.1. The Hall–Kier alpha value is -0.176. The van der Waals surface area contributed by atoms with E-state index in [1.807, 2.05) is 19.6 Å². The van der Waals surface area contributed by atoms with Crippen molar-refractivity contribution in [2.24, 2.45) is 0 Å². The van der Waals surface area contributed by atoms with Crippen LogP contribution in [0.25, 0.3) is 0 Å². The normalized spacial score (nSPS) is 13.3. The van der Waals surface area contributed by atoms with Crippen molar-refractivity contribution in [3.8, 4) is 0 Å². The predicted molar refractivity (Wildman–Crippen MR) is 102 cm³/mol. The molecule has 0 spiro atoms. The Morgan fingerprint density at radius 2 is 1.39 bits per heavy atom. The number of rotatable bonds is 14. The van der Waals surface area contributed by atoms with Gasteiger partial charge in [-0.1, -0.05) is 58.3 Å². The van der Waals surface area contributed by atoms with Crippen LogP contribution in [-0.2, 0) is 18.1 Å². The number of hydrogen-bond acceptors (Lipinski definition) is 4. The summed E-state index contributed by atoms with van der Waals surface area (Å²) in [5.74, 6) is -0.104. The maximum Gasteiger partial charge on any atom is 0.335 e. The summed E-state index contributed by atoms with van der Waals surface area (Å²) in [5.41, 5.74) is -0.184. The molecule has 0 radical (unpaired) electrons. The molecule has 4 nitrogen and oxygen atoms in total. The summed E-state index contributed by atoms with van der Waals surface area (Å²) in [6.07, 6.45) is 10.9. The minimum atomic E-state index is -1.98. The smallest absolute Gasteiger partial charge is 0.335 e. The summed E-state index contributed by atoms with van der Waals surface area (Å²) >= 11 is 0. The van der Waals surface area contributed by atoms with Gasteiger partial charge in [0.05, 0.1) is 5.54 Å². The summed E-state index contributed by atoms with van der Waals surface area (Å²) in [5, 5.41) is 0. The first kappa shape index (κ1) is 22.8. The van der Waals surface area contributed by atoms with Crippen molar-refractivity contribution in [1.82, 2.24) is 0 Å². The molecule has 1 unspecified atom stereocenters. The molecule has 0 aliphatic heterocycles. The van der Waals surface area contributed by atoms with Crippen LogP contribution in [-0.4, -0.2) is 37.8 Å². The molecule has 0 aromatic carbocycles. The van der Waals surface area contributed by atoms with E-state index in [4.69, 9.17) is 13.3 Å². The van der Waals surface area contributed by atoms with Gasteiger partial charge in [-0.25, -0.2) is 0 Å². The maximum absolute atomic E-state index is 12.4. The van der Waals surface area contributed by atoms with Crippen molar-refractivity contribution in [2.75, 3.05) is 14.2 Å². The molecule has 0 aliphatic carbocycles. The molecule has 0 heterocycles. The predicted octanol–water partition coefficient (Wildman–Crippen LogP) is 4.78. The summed E-state index contributed by atoms with van der Waals surface area (Å²) in [6, 6.07) is 0. The maximum atomic E-state index is 12.4. The molecule has 0 amide bonds. The molecule has 0 aromatic rings. The third-order valence-corrected chi connectivity index (χ3v) is 6.88. The SMILES string of the molecule is CCCCCCCCCCC(C(=O)O[Si](C)(C)C)[SiH](OC)OC. The van der Waals surface area contributed by atoms with Gasteiger partial charge in [-0.3, -0.25) is 4.79 Å². The highest BCUT2D eigenvalue weighted by Crippen LogP contribution is 2.24. The third-order valence-electron chi connectivity index (χ3n) is 3.87. The number of hydrogen-bond donors (Lipinski definition) is 0. The van der Waals surface area contributed by atoms with E-state index in [9.17, 15) is 4.79 Å². The van der Waals surface area contributed by atoms with Gasteiger partial charge in [0.2, 0.25) is 8.32 Å². The molecule has 1 atom stereocenters. The van der Waals surface area contributed by atoms with Crippen LogP contribution in [0.3, 0.4) is 0 Å². The molecule has 0 bridgehead atoms. The van der Waals surface area contributed by atoms with Crippen LogP contribution in [0.15, 0.2) is 0 Å². The summed E-state index contributed by atoms with van der Waals surface area (Å²) in [6.45, 7) is 8.35. The lowest BCUT2D eigenvalue weighted by Crippen LogP contribution is -2.38. The van der Waals surface area contributed by atoms with Gasteiger partial charge in [-0.05, 0) is 26.1 Å². The molecule has 23 heavy (non-hydrogen) atoms. The number of unbranched alkanes of at least 4 members (excludes halogenated alkanes) is 7. The van der Waals surface area contributed by atoms with Crippen LogP contribution in [0.2, 0.25) is 25.2 Å². The quantitative estimate of drug-likeness (QED) is 0.329. The second-order valence-electron chi connectivity index (χ2n) is 7.24. The topological polar surface area (TPSA) is 44.8 Å². The van der Waals surface area contributed by atoms with E-state index in [1.54, 1.807) is 14.2 Å². The van der Waals surface area contributed by atoms with Crippen molar-refractivity contribution in [2.45, 2.75) is 89.9 Å². The van der Waals surface area contributed by atoms with Crippen LogP contribution < -0.4 is 0 Å². The molecular weight excluding hydrogens is 324 g/mol. The van der Waals surface area contributed by atoms with Gasteiger partial charge in [0, 0.05) is 14.2 Å². The fraction of sp³-hybridized carbons (Fsp3) is 0.941. The average molecular weight is 363 g/mol. The molecule has 138 valence electrons. The minimum absolute atomic E-state index is 0.104. The van der Waals surface area contributed by atoms with E-state index in [2.05, 4.69) is 6.92 Å². The monoisotopic (exact) mass is 362 g/mol. The summed E-state index contributed by atoms with van der Waals surface area (Å²) in [7, 11) is -0.563. The van der Waals surface area contributed by atoms with Gasteiger partial charge in [0.1, 0.15) is 0 Å². The lowest BCUT2D eigenvalue weighted by atomic mass is 10.1. The van der Waals surface area contributed by atoms with Gasteiger partial charge in [0.25, 0.3) is 5.97 Å². The first-order chi connectivity index (χ1) is 10.9. The van der Waals surface area contributed by atoms with E-state index in [1.165, 1.54) is 44.9 Å². The van der Waals surface area contributed by atoms with Gasteiger partial charge in [0.15, 0.2) is 0 Å². The molecule has 0 aromatic heterocycles. The number of carbonyl (C=O) groups excluding carboxylic acids is 1. The van der Waals surface area contributed by atoms with Crippen LogP contribution >= 0.6 is 0 Å². The molecule has 0 saturated heterocycles. The molecular formula is C17H38O4Si2. The summed E-state index contributed by atoms with van der Waals surface area (Å²) < 4.78 is 16.6. The molecule has 6 heteroatoms. The second-order valence-corrected chi connectivity index (χ2v) is 14.2. The molecule has 0 saturated carbocycles. The average Bonchev–Trinajstić information content (AvgIpc) is 2.47. The van der Waals surface area contributed by atoms with E-state index >= 15 is 0 Å². The van der Waals surface area contributed by atoms with E-state index < -0.39 is 17.6 Å². The summed E-state index contributed by atoms with van der Waals surface area (Å²) in [4.78, 5) is 12.4. The first-order valence-electron chi connectivity index (χ1n) is 9.14. The Bertz CT molecular complexity index is 301. The zero-order valence-corrected chi connectivity index (χ0v) is 18.3. The Labute approximate surface area is 146 Å². The van der Waals surface area contributed by atoms with Gasteiger partial charge in [-0.2, -0.15) is 0 Å². The largest absolute Gasteiger partial charge is 0.520 e. The highest BCUT2D eigenvalue weighted by Gasteiger charge is 2.34. The Balaban J connectivity index is 4.20. The molecule has 0 fully saturated rings. The fourth-order valence-electron chi connectivity index (χ4n) is 2.67. The third kappa shape index (κ3) is 11.9. The van der Waals surface area contributed by atoms with Crippen molar-refractivity contribution >= 4 is 23.6 Å². The van der Waals surface area contributed by atoms with Crippen molar-refractivity contribution in [3.05, 3.63) is 0 Å². The van der Waals surface area contributed by atoms with Gasteiger partial charge >= 0.3 is 9.28 Å². The van der Waals surface area contributed by atoms with Crippen molar-refractivity contribution in [3.63, 3.8) is 0 Å². The van der Waals surface area contributed by atoms with Crippen LogP contribution in [0, 0.1) is 0 Å². The van der Waals surface area contributed by atoms with E-state index in [-0.39, 0.29) is 11.5 Å². The fourth-order valence-corrected chi connectivity index (χ4v) is 5.20. The molecule has 0 N–H and O–H groups in total. The van der Waals surface area contributed by atoms with E-state index in [0.29, 0.717) is 0 Å². The lowest BCUT2D eigenvalue weighted by Gasteiger charge is -2.25. The second kappa shape index (κ2) is 13.2. The number of carbonyl (C=O) groups is 1. The van der Waals surface area contributed by atoms with Crippen LogP contribution in [0.1, 0.15) is 64.7 Å². The molecule has 0 rings (SSSR count). The lowest BCUT2D eigenvalue weighted by molar-refractivity contribution is -0.135. The van der Waals surface area contributed by atoms with Crippen molar-refractivity contribution < 1.29 is 18.1 Å². The van der Waals surface area contributed by atoms with Crippen molar-refractivity contribution in [1.29, 1.82) is 0 Å².